The summed E-state index contributed by atoms with van der Waals surface area (Å²) in [5, 5.41) is 4.03. The van der Waals surface area contributed by atoms with Crippen molar-refractivity contribution >= 4 is 0 Å². The largest absolute Gasteiger partial charge is 0.493 e. The van der Waals surface area contributed by atoms with Crippen LogP contribution in [0.2, 0.25) is 0 Å². The molecule has 0 bridgehead atoms. The van der Waals surface area contributed by atoms with Gasteiger partial charge in [0.25, 0.3) is 5.89 Å². The minimum atomic E-state index is -0.680. The van der Waals surface area contributed by atoms with E-state index >= 15 is 0 Å². The monoisotopic (exact) mass is 454 g/mol. The van der Waals surface area contributed by atoms with Gasteiger partial charge < -0.3 is 23.5 Å². The number of nitrogens with zero attached hydrogens (tertiary/aromatic N) is 2. The highest BCUT2D eigenvalue weighted by atomic mass is 19.1. The number of rotatable bonds is 8. The van der Waals surface area contributed by atoms with E-state index < -0.39 is 11.6 Å². The molecule has 0 N–H and O–H groups in total. The third kappa shape index (κ3) is 4.57. The van der Waals surface area contributed by atoms with E-state index in [0.29, 0.717) is 45.8 Å². The standard InChI is InChI=1S/C24H20F2N2O5/c1-29-19-9-8-15(12-21(19)30-2)24-27-23(28-33-24)14-7-10-20(22(11-14)31-3)32-13-16-17(25)5-4-6-18(16)26/h4-12H,13H2,1-3H3. The Balaban J connectivity index is 1.57. The maximum absolute atomic E-state index is 13.9. The molecule has 9 heteroatoms. The Morgan fingerprint density at radius 1 is 0.758 bits per heavy atom. The fourth-order valence-corrected chi connectivity index (χ4v) is 3.17. The van der Waals surface area contributed by atoms with E-state index in [1.807, 2.05) is 0 Å². The molecule has 33 heavy (non-hydrogen) atoms. The fourth-order valence-electron chi connectivity index (χ4n) is 3.17. The third-order valence-corrected chi connectivity index (χ3v) is 4.91. The molecule has 0 spiro atoms. The molecule has 0 amide bonds. The summed E-state index contributed by atoms with van der Waals surface area (Å²) in [6.45, 7) is -0.292. The van der Waals surface area contributed by atoms with Crippen LogP contribution in [0.1, 0.15) is 5.56 Å². The molecule has 0 aliphatic heterocycles. The number of hydrogen-bond donors (Lipinski definition) is 0. The minimum absolute atomic E-state index is 0.165. The first-order valence-corrected chi connectivity index (χ1v) is 9.84. The lowest BCUT2D eigenvalue weighted by Gasteiger charge is -2.12. The molecule has 0 aliphatic carbocycles. The summed E-state index contributed by atoms with van der Waals surface area (Å²) in [4.78, 5) is 4.43. The molecule has 0 radical (unpaired) electrons. The number of hydrogen-bond acceptors (Lipinski definition) is 7. The Morgan fingerprint density at radius 3 is 2.06 bits per heavy atom. The summed E-state index contributed by atoms with van der Waals surface area (Å²) >= 11 is 0. The molecule has 0 aliphatic rings. The van der Waals surface area contributed by atoms with Crippen molar-refractivity contribution in [2.24, 2.45) is 0 Å². The molecule has 7 nitrogen and oxygen atoms in total. The van der Waals surface area contributed by atoms with Crippen LogP contribution in [0.25, 0.3) is 22.8 Å². The lowest BCUT2D eigenvalue weighted by atomic mass is 10.1. The summed E-state index contributed by atoms with van der Waals surface area (Å²) in [6, 6.07) is 13.8. The topological polar surface area (TPSA) is 75.8 Å². The molecular weight excluding hydrogens is 434 g/mol. The summed E-state index contributed by atoms with van der Waals surface area (Å²) in [6.07, 6.45) is 0. The number of benzene rings is 3. The fraction of sp³-hybridized carbons (Fsp3) is 0.167. The predicted molar refractivity (Wildman–Crippen MR) is 116 cm³/mol. The van der Waals surface area contributed by atoms with Crippen molar-refractivity contribution < 1.29 is 32.3 Å². The van der Waals surface area contributed by atoms with Crippen LogP contribution >= 0.6 is 0 Å². The van der Waals surface area contributed by atoms with E-state index in [-0.39, 0.29) is 12.2 Å². The smallest absolute Gasteiger partial charge is 0.258 e. The first-order chi connectivity index (χ1) is 16.0. The second-order valence-corrected chi connectivity index (χ2v) is 6.85. The van der Waals surface area contributed by atoms with Crippen molar-refractivity contribution in [2.75, 3.05) is 21.3 Å². The van der Waals surface area contributed by atoms with E-state index in [1.54, 1.807) is 43.5 Å². The second-order valence-electron chi connectivity index (χ2n) is 6.85. The molecule has 0 atom stereocenters. The van der Waals surface area contributed by atoms with E-state index in [2.05, 4.69) is 10.1 Å². The van der Waals surface area contributed by atoms with Gasteiger partial charge in [-0.1, -0.05) is 11.2 Å². The molecular formula is C24H20F2N2O5. The molecule has 1 aromatic heterocycles. The van der Waals surface area contributed by atoms with Crippen molar-refractivity contribution in [2.45, 2.75) is 6.61 Å². The van der Waals surface area contributed by atoms with Crippen LogP contribution in [0, 0.1) is 11.6 Å². The SMILES string of the molecule is COc1ccc(-c2nc(-c3ccc(OCc4c(F)cccc4F)c(OC)c3)no2)cc1OC. The maximum atomic E-state index is 13.9. The Hall–Kier alpha value is -4.14. The van der Waals surface area contributed by atoms with E-state index in [4.69, 9.17) is 23.5 Å². The third-order valence-electron chi connectivity index (χ3n) is 4.91. The second kappa shape index (κ2) is 9.56. The summed E-state index contributed by atoms with van der Waals surface area (Å²) < 4.78 is 54.6. The van der Waals surface area contributed by atoms with Crippen molar-refractivity contribution in [3.63, 3.8) is 0 Å². The van der Waals surface area contributed by atoms with Gasteiger partial charge in [-0.3, -0.25) is 0 Å². The highest BCUT2D eigenvalue weighted by molar-refractivity contribution is 5.65. The van der Waals surface area contributed by atoms with E-state index in [9.17, 15) is 8.78 Å². The lowest BCUT2D eigenvalue weighted by molar-refractivity contribution is 0.274. The molecule has 0 unspecified atom stereocenters. The molecule has 0 saturated heterocycles. The van der Waals surface area contributed by atoms with Gasteiger partial charge in [-0.15, -0.1) is 0 Å². The van der Waals surface area contributed by atoms with Gasteiger partial charge >= 0.3 is 0 Å². The van der Waals surface area contributed by atoms with Gasteiger partial charge in [-0.25, -0.2) is 8.78 Å². The number of aromatic nitrogens is 2. The number of methoxy groups -OCH3 is 3. The zero-order valence-electron chi connectivity index (χ0n) is 18.1. The van der Waals surface area contributed by atoms with Crippen LogP contribution < -0.4 is 18.9 Å². The molecule has 1 heterocycles. The van der Waals surface area contributed by atoms with Crippen molar-refractivity contribution in [1.82, 2.24) is 10.1 Å². The highest BCUT2D eigenvalue weighted by Crippen LogP contribution is 2.35. The van der Waals surface area contributed by atoms with Crippen LogP contribution in [0.15, 0.2) is 59.1 Å². The van der Waals surface area contributed by atoms with Crippen LogP contribution in [0.4, 0.5) is 8.78 Å². The lowest BCUT2D eigenvalue weighted by Crippen LogP contribution is -2.03. The molecule has 4 aromatic rings. The first-order valence-electron chi connectivity index (χ1n) is 9.84. The molecule has 4 rings (SSSR count). The van der Waals surface area contributed by atoms with Crippen LogP contribution in [0.5, 0.6) is 23.0 Å². The van der Waals surface area contributed by atoms with Crippen molar-refractivity contribution in [3.8, 4) is 45.8 Å². The van der Waals surface area contributed by atoms with Gasteiger partial charge in [0.15, 0.2) is 23.0 Å². The summed E-state index contributed by atoms with van der Waals surface area (Å²) in [5.74, 6) is 1.03. The zero-order chi connectivity index (χ0) is 23.4. The van der Waals surface area contributed by atoms with Crippen molar-refractivity contribution in [1.29, 1.82) is 0 Å². The Bertz CT molecular complexity index is 1260. The normalized spacial score (nSPS) is 10.7. The first kappa shape index (κ1) is 22.1. The van der Waals surface area contributed by atoms with Gasteiger partial charge in [0.1, 0.15) is 18.2 Å². The van der Waals surface area contributed by atoms with Gasteiger partial charge in [-0.05, 0) is 48.5 Å². The average molecular weight is 454 g/mol. The Kier molecular flexibility index (Phi) is 6.39. The van der Waals surface area contributed by atoms with E-state index in [0.717, 1.165) is 0 Å². The van der Waals surface area contributed by atoms with Crippen LogP contribution in [0.3, 0.4) is 0 Å². The quantitative estimate of drug-likeness (QED) is 0.358. The minimum Gasteiger partial charge on any atom is -0.493 e. The molecule has 3 aromatic carbocycles. The predicted octanol–water partition coefficient (Wildman–Crippen LogP) is 5.29. The van der Waals surface area contributed by atoms with Gasteiger partial charge in [0.2, 0.25) is 5.82 Å². The molecule has 0 saturated carbocycles. The molecule has 170 valence electrons. The summed E-state index contributed by atoms with van der Waals surface area (Å²) in [7, 11) is 4.55. The number of halogens is 2. The van der Waals surface area contributed by atoms with Gasteiger partial charge in [-0.2, -0.15) is 4.98 Å². The van der Waals surface area contributed by atoms with Crippen molar-refractivity contribution in [3.05, 3.63) is 71.8 Å². The zero-order valence-corrected chi connectivity index (χ0v) is 18.1. The number of ether oxygens (including phenoxy) is 4. The van der Waals surface area contributed by atoms with Gasteiger partial charge in [0.05, 0.1) is 26.9 Å². The Morgan fingerprint density at radius 2 is 1.36 bits per heavy atom. The Labute approximate surface area is 188 Å². The highest BCUT2D eigenvalue weighted by Gasteiger charge is 2.16. The molecule has 0 fully saturated rings. The van der Waals surface area contributed by atoms with Gasteiger partial charge in [0, 0.05) is 11.1 Å². The maximum Gasteiger partial charge on any atom is 0.258 e. The van der Waals surface area contributed by atoms with Crippen LogP contribution in [-0.4, -0.2) is 31.5 Å². The van der Waals surface area contributed by atoms with E-state index in [1.165, 1.54) is 32.4 Å². The summed E-state index contributed by atoms with van der Waals surface area (Å²) in [5.41, 5.74) is 1.10. The van der Waals surface area contributed by atoms with Crippen LogP contribution in [-0.2, 0) is 6.61 Å². The average Bonchev–Trinajstić information content (AvgIpc) is 3.33.